The summed E-state index contributed by atoms with van der Waals surface area (Å²) < 4.78 is 21.3. The van der Waals surface area contributed by atoms with Crippen molar-refractivity contribution in [1.82, 2.24) is 5.32 Å². The van der Waals surface area contributed by atoms with Crippen LogP contribution in [-0.4, -0.2) is 33.8 Å². The summed E-state index contributed by atoms with van der Waals surface area (Å²) >= 11 is 0. The summed E-state index contributed by atoms with van der Waals surface area (Å²) in [5, 5.41) is 9.47. The number of benzene rings is 1. The number of esters is 1. The first-order valence-electron chi connectivity index (χ1n) is 8.13. The number of carbonyl (C=O) groups excluding carboxylic acids is 2. The van der Waals surface area contributed by atoms with Gasteiger partial charge in [-0.2, -0.15) is 0 Å². The molecule has 28 heavy (non-hydrogen) atoms. The van der Waals surface area contributed by atoms with Crippen LogP contribution >= 0.6 is 7.60 Å². The number of rotatable bonds is 8. The molecule has 1 aromatic heterocycles. The third-order valence-electron chi connectivity index (χ3n) is 3.65. The number of ether oxygens (including phenoxy) is 1. The van der Waals surface area contributed by atoms with Crippen molar-refractivity contribution in [3.63, 3.8) is 0 Å². The van der Waals surface area contributed by atoms with Crippen molar-refractivity contribution in [1.29, 1.82) is 5.41 Å². The molecule has 6 N–H and O–H groups in total. The molecule has 1 amide bonds. The van der Waals surface area contributed by atoms with Crippen LogP contribution in [0.2, 0.25) is 0 Å². The lowest BCUT2D eigenvalue weighted by molar-refractivity contribution is -0.124. The number of amidine groups is 1. The minimum atomic E-state index is -4.33. The molecule has 1 heterocycles. The average Bonchev–Trinajstić information content (AvgIpc) is 3.08. The fourth-order valence-corrected chi connectivity index (χ4v) is 2.57. The normalized spacial score (nSPS) is 12.2. The maximum absolute atomic E-state index is 12.1. The molecule has 0 aliphatic heterocycles. The zero-order chi connectivity index (χ0) is 20.9. The van der Waals surface area contributed by atoms with Gasteiger partial charge < -0.3 is 30.0 Å². The Hall–Kier alpha value is -2.94. The van der Waals surface area contributed by atoms with Crippen LogP contribution in [0.25, 0.3) is 0 Å². The van der Waals surface area contributed by atoms with Gasteiger partial charge in [-0.1, -0.05) is 6.92 Å². The van der Waals surface area contributed by atoms with E-state index in [9.17, 15) is 14.2 Å². The maximum atomic E-state index is 12.1. The fraction of sp³-hybridized carbons (Fsp3) is 0.235. The molecule has 1 atom stereocenters. The summed E-state index contributed by atoms with van der Waals surface area (Å²) in [5.74, 6) is -1.48. The van der Waals surface area contributed by atoms with E-state index in [4.69, 9.17) is 30.1 Å². The first-order valence-corrected chi connectivity index (χ1v) is 9.92. The molecule has 1 aromatic carbocycles. The second kappa shape index (κ2) is 8.83. The van der Waals surface area contributed by atoms with Crippen molar-refractivity contribution in [3.05, 3.63) is 53.5 Å². The number of nitrogen functional groups attached to an aromatic ring is 1. The molecule has 0 radical (unpaired) electrons. The molecule has 11 heteroatoms. The fourth-order valence-electron chi connectivity index (χ4n) is 2.21. The molecular weight excluding hydrogens is 389 g/mol. The Kier molecular flexibility index (Phi) is 6.74. The quantitative estimate of drug-likeness (QED) is 0.142. The van der Waals surface area contributed by atoms with Crippen LogP contribution in [0, 0.1) is 11.3 Å². The minimum absolute atomic E-state index is 0.0616. The van der Waals surface area contributed by atoms with Crippen molar-refractivity contribution in [2.45, 2.75) is 13.3 Å². The van der Waals surface area contributed by atoms with Crippen molar-refractivity contribution in [3.8, 4) is 5.75 Å². The Morgan fingerprint density at radius 1 is 1.25 bits per heavy atom. The molecular formula is C17H20N3O7P. The third-order valence-corrected chi connectivity index (χ3v) is 4.22. The summed E-state index contributed by atoms with van der Waals surface area (Å²) in [6, 6.07) is 8.98. The third kappa shape index (κ3) is 6.34. The van der Waals surface area contributed by atoms with Gasteiger partial charge >= 0.3 is 13.6 Å². The van der Waals surface area contributed by atoms with Crippen LogP contribution in [0.15, 0.2) is 40.8 Å². The molecule has 0 fully saturated rings. The van der Waals surface area contributed by atoms with Gasteiger partial charge in [0.2, 0.25) is 11.7 Å². The molecule has 0 saturated carbocycles. The number of nitrogens with two attached hydrogens (primary N) is 1. The van der Waals surface area contributed by atoms with Gasteiger partial charge in [0.15, 0.2) is 0 Å². The zero-order valence-electron chi connectivity index (χ0n) is 14.9. The summed E-state index contributed by atoms with van der Waals surface area (Å²) in [4.78, 5) is 41.5. The van der Waals surface area contributed by atoms with E-state index in [0.717, 1.165) is 0 Å². The van der Waals surface area contributed by atoms with Gasteiger partial charge in [-0.25, -0.2) is 4.79 Å². The smallest absolute Gasteiger partial charge is 0.379 e. The highest BCUT2D eigenvalue weighted by atomic mass is 31.2. The predicted molar refractivity (Wildman–Crippen MR) is 99.0 cm³/mol. The van der Waals surface area contributed by atoms with Gasteiger partial charge in [0, 0.05) is 17.9 Å². The standard InChI is InChI=1S/C17H20N3O7P/c1-10(16(21)20-9-28(23,24)25)8-13-6-7-14(26-13)17(22)27-12-4-2-11(3-5-12)15(18)19/h2-7,10H,8-9H2,1H3,(H3,18,19)(H,20,21)(H2,23,24,25). The molecule has 1 unspecified atom stereocenters. The molecule has 150 valence electrons. The van der Waals surface area contributed by atoms with Crippen molar-refractivity contribution in [2.75, 3.05) is 6.29 Å². The Morgan fingerprint density at radius 3 is 2.46 bits per heavy atom. The summed E-state index contributed by atoms with van der Waals surface area (Å²) in [6.45, 7) is 1.56. The van der Waals surface area contributed by atoms with Crippen molar-refractivity contribution < 1.29 is 33.1 Å². The highest BCUT2D eigenvalue weighted by Crippen LogP contribution is 2.32. The van der Waals surface area contributed by atoms with Gasteiger partial charge in [-0.05, 0) is 36.4 Å². The maximum Gasteiger partial charge on any atom is 0.379 e. The highest BCUT2D eigenvalue weighted by Gasteiger charge is 2.21. The van der Waals surface area contributed by atoms with Gasteiger partial charge in [0.1, 0.15) is 23.6 Å². The largest absolute Gasteiger partial charge is 0.454 e. The average molecular weight is 409 g/mol. The summed E-state index contributed by atoms with van der Waals surface area (Å²) in [7, 11) is -4.33. The number of nitrogens with one attached hydrogen (secondary N) is 2. The van der Waals surface area contributed by atoms with Gasteiger partial charge in [-0.3, -0.25) is 14.8 Å². The Balaban J connectivity index is 1.93. The topological polar surface area (TPSA) is 176 Å². The van der Waals surface area contributed by atoms with Gasteiger partial charge in [0.05, 0.1) is 0 Å². The first kappa shape index (κ1) is 21.4. The predicted octanol–water partition coefficient (Wildman–Crippen LogP) is 1.21. The second-order valence-corrected chi connectivity index (χ2v) is 7.71. The van der Waals surface area contributed by atoms with E-state index in [1.165, 1.54) is 36.4 Å². The highest BCUT2D eigenvalue weighted by molar-refractivity contribution is 7.51. The molecule has 2 rings (SSSR count). The second-order valence-electron chi connectivity index (χ2n) is 6.06. The van der Waals surface area contributed by atoms with Crippen LogP contribution in [0.5, 0.6) is 5.75 Å². The first-order chi connectivity index (χ1) is 13.0. The molecule has 0 saturated heterocycles. The molecule has 0 spiro atoms. The minimum Gasteiger partial charge on any atom is -0.454 e. The summed E-state index contributed by atoms with van der Waals surface area (Å²) in [5.41, 5.74) is 5.85. The van der Waals surface area contributed by atoms with Crippen LogP contribution in [0.4, 0.5) is 0 Å². The number of hydrogen-bond acceptors (Lipinski definition) is 6. The van der Waals surface area contributed by atoms with Crippen molar-refractivity contribution in [2.24, 2.45) is 11.7 Å². The monoisotopic (exact) mass is 409 g/mol. The SMILES string of the molecule is CC(Cc1ccc(C(=O)Oc2ccc(C(=N)N)cc2)o1)C(=O)NCP(=O)(O)O. The molecule has 0 aliphatic rings. The van der Waals surface area contributed by atoms with E-state index in [2.05, 4.69) is 5.32 Å². The number of amides is 1. The van der Waals surface area contributed by atoms with Crippen LogP contribution in [0.3, 0.4) is 0 Å². The van der Waals surface area contributed by atoms with E-state index >= 15 is 0 Å². The van der Waals surface area contributed by atoms with Crippen LogP contribution < -0.4 is 15.8 Å². The lowest BCUT2D eigenvalue weighted by Gasteiger charge is -2.11. The van der Waals surface area contributed by atoms with E-state index in [0.29, 0.717) is 11.3 Å². The van der Waals surface area contributed by atoms with Crippen LogP contribution in [0.1, 0.15) is 28.8 Å². The Morgan fingerprint density at radius 2 is 1.89 bits per heavy atom. The Labute approximate surface area is 160 Å². The number of carbonyl (C=O) groups is 2. The van der Waals surface area contributed by atoms with Gasteiger partial charge in [-0.15, -0.1) is 0 Å². The lowest BCUT2D eigenvalue weighted by atomic mass is 10.1. The molecule has 2 aromatic rings. The van der Waals surface area contributed by atoms with Crippen molar-refractivity contribution >= 4 is 25.3 Å². The van der Waals surface area contributed by atoms with E-state index < -0.39 is 31.7 Å². The number of furan rings is 1. The lowest BCUT2D eigenvalue weighted by Crippen LogP contribution is -2.30. The zero-order valence-corrected chi connectivity index (χ0v) is 15.8. The van der Waals surface area contributed by atoms with E-state index in [1.807, 2.05) is 0 Å². The van der Waals surface area contributed by atoms with Crippen LogP contribution in [-0.2, 0) is 15.8 Å². The molecule has 0 aliphatic carbocycles. The van der Waals surface area contributed by atoms with E-state index in [1.54, 1.807) is 6.92 Å². The van der Waals surface area contributed by atoms with E-state index in [-0.39, 0.29) is 23.8 Å². The molecule has 10 nitrogen and oxygen atoms in total. The van der Waals surface area contributed by atoms with Gasteiger partial charge in [0.25, 0.3) is 0 Å². The summed E-state index contributed by atoms with van der Waals surface area (Å²) in [6.07, 6.45) is -0.609. The molecule has 0 bridgehead atoms. The number of hydrogen-bond donors (Lipinski definition) is 5. The Bertz CT molecular complexity index is 917.